The van der Waals surface area contributed by atoms with Crippen molar-refractivity contribution >= 4 is 17.7 Å². The Morgan fingerprint density at radius 3 is 3.06 bits per heavy atom. The van der Waals surface area contributed by atoms with Gasteiger partial charge in [-0.2, -0.15) is 5.10 Å². The molecule has 1 aromatic heterocycles. The number of nitrogen functional groups attached to an aromatic ring is 1. The Bertz CT molecular complexity index is 545. The highest BCUT2D eigenvalue weighted by molar-refractivity contribution is 7.98. The Hall–Kier alpha value is -1.93. The van der Waals surface area contributed by atoms with Crippen LogP contribution in [0.4, 0.5) is 4.39 Å². The van der Waals surface area contributed by atoms with Crippen molar-refractivity contribution in [3.05, 3.63) is 41.5 Å². The molecule has 2 rings (SSSR count). The molecule has 1 amide bonds. The number of halogens is 1. The second-order valence-corrected chi connectivity index (χ2v) is 4.32. The van der Waals surface area contributed by atoms with Crippen LogP contribution in [0, 0.1) is 5.82 Å². The highest BCUT2D eigenvalue weighted by Crippen LogP contribution is 2.21. The second kappa shape index (κ2) is 5.61. The third-order valence-corrected chi connectivity index (χ3v) is 3.12. The Morgan fingerprint density at radius 2 is 2.39 bits per heavy atom. The maximum absolute atomic E-state index is 13.5. The fraction of sp³-hybridized carbons (Fsp3) is 0.100. The number of nitrogens with one attached hydrogen (secondary N) is 2. The number of hydrazine groups is 1. The number of benzene rings is 1. The van der Waals surface area contributed by atoms with Gasteiger partial charge in [0.05, 0.1) is 0 Å². The van der Waals surface area contributed by atoms with Crippen molar-refractivity contribution in [2.45, 2.75) is 10.9 Å². The van der Waals surface area contributed by atoms with Gasteiger partial charge in [-0.25, -0.2) is 15.2 Å². The molecular formula is C10H10FN5OS. The maximum Gasteiger partial charge on any atom is 0.265 e. The summed E-state index contributed by atoms with van der Waals surface area (Å²) in [5, 5.41) is 6.93. The molecule has 1 aromatic carbocycles. The lowest BCUT2D eigenvalue weighted by Gasteiger charge is -2.05. The standard InChI is InChI=1S/C10H10FN5OS/c11-8-2-1-6(9(17)15-12)3-7(8)4-18-10-13-5-14-16-10/h1-3,5H,4,12H2,(H,15,17)(H,13,14,16). The summed E-state index contributed by atoms with van der Waals surface area (Å²) in [6.07, 6.45) is 1.37. The molecule has 0 aliphatic carbocycles. The second-order valence-electron chi connectivity index (χ2n) is 3.36. The van der Waals surface area contributed by atoms with Crippen molar-refractivity contribution in [2.24, 2.45) is 5.84 Å². The van der Waals surface area contributed by atoms with Crippen molar-refractivity contribution in [1.82, 2.24) is 20.6 Å². The molecule has 0 spiro atoms. The minimum atomic E-state index is -0.457. The van der Waals surface area contributed by atoms with Gasteiger partial charge in [-0.15, -0.1) is 0 Å². The van der Waals surface area contributed by atoms with Crippen molar-refractivity contribution < 1.29 is 9.18 Å². The van der Waals surface area contributed by atoms with Gasteiger partial charge in [0.2, 0.25) is 0 Å². The van der Waals surface area contributed by atoms with Gasteiger partial charge in [-0.3, -0.25) is 15.3 Å². The number of aromatic nitrogens is 3. The molecule has 18 heavy (non-hydrogen) atoms. The minimum Gasteiger partial charge on any atom is -0.290 e. The molecule has 0 aliphatic heterocycles. The first-order valence-electron chi connectivity index (χ1n) is 4.98. The summed E-state index contributed by atoms with van der Waals surface area (Å²) in [7, 11) is 0. The van der Waals surface area contributed by atoms with E-state index < -0.39 is 5.91 Å². The molecule has 0 atom stereocenters. The van der Waals surface area contributed by atoms with Crippen LogP contribution < -0.4 is 11.3 Å². The number of hydrogen-bond acceptors (Lipinski definition) is 5. The van der Waals surface area contributed by atoms with Crippen LogP contribution in [0.25, 0.3) is 0 Å². The van der Waals surface area contributed by atoms with E-state index in [9.17, 15) is 9.18 Å². The van der Waals surface area contributed by atoms with Crippen molar-refractivity contribution in [1.29, 1.82) is 0 Å². The maximum atomic E-state index is 13.5. The predicted molar refractivity (Wildman–Crippen MR) is 64.0 cm³/mol. The summed E-state index contributed by atoms with van der Waals surface area (Å²) in [6.45, 7) is 0. The fourth-order valence-corrected chi connectivity index (χ4v) is 2.07. The highest BCUT2D eigenvalue weighted by atomic mass is 32.2. The summed E-state index contributed by atoms with van der Waals surface area (Å²) >= 11 is 1.29. The zero-order chi connectivity index (χ0) is 13.0. The molecule has 0 aliphatic rings. The molecule has 6 nitrogen and oxygen atoms in total. The third kappa shape index (κ3) is 2.84. The number of hydrogen-bond donors (Lipinski definition) is 3. The van der Waals surface area contributed by atoms with E-state index in [1.807, 2.05) is 5.43 Å². The smallest absolute Gasteiger partial charge is 0.265 e. The van der Waals surface area contributed by atoms with Crippen LogP contribution in [-0.2, 0) is 5.75 Å². The van der Waals surface area contributed by atoms with E-state index in [0.717, 1.165) is 0 Å². The van der Waals surface area contributed by atoms with Crippen LogP contribution in [0.15, 0.2) is 29.7 Å². The molecule has 94 valence electrons. The number of carbonyl (C=O) groups excluding carboxylic acids is 1. The molecular weight excluding hydrogens is 257 g/mol. The van der Waals surface area contributed by atoms with Gasteiger partial charge in [-0.1, -0.05) is 11.8 Å². The van der Waals surface area contributed by atoms with Crippen LogP contribution in [0.5, 0.6) is 0 Å². The van der Waals surface area contributed by atoms with Crippen molar-refractivity contribution in [3.63, 3.8) is 0 Å². The van der Waals surface area contributed by atoms with E-state index in [-0.39, 0.29) is 5.82 Å². The number of thioether (sulfide) groups is 1. The number of amides is 1. The molecule has 2 aromatic rings. The minimum absolute atomic E-state index is 0.312. The van der Waals surface area contributed by atoms with Crippen LogP contribution in [-0.4, -0.2) is 21.1 Å². The monoisotopic (exact) mass is 267 g/mol. The quantitative estimate of drug-likeness (QED) is 0.330. The first-order chi connectivity index (χ1) is 8.70. The van der Waals surface area contributed by atoms with Gasteiger partial charge in [0, 0.05) is 11.3 Å². The van der Waals surface area contributed by atoms with Crippen LogP contribution >= 0.6 is 11.8 Å². The van der Waals surface area contributed by atoms with Crippen molar-refractivity contribution in [3.8, 4) is 0 Å². The van der Waals surface area contributed by atoms with E-state index >= 15 is 0 Å². The van der Waals surface area contributed by atoms with E-state index in [1.165, 1.54) is 36.3 Å². The lowest BCUT2D eigenvalue weighted by Crippen LogP contribution is -2.30. The number of nitrogens with zero attached hydrogens (tertiary/aromatic N) is 2. The largest absolute Gasteiger partial charge is 0.290 e. The molecule has 0 saturated carbocycles. The average Bonchev–Trinajstić information content (AvgIpc) is 2.90. The molecule has 0 fully saturated rings. The van der Waals surface area contributed by atoms with Gasteiger partial charge >= 0.3 is 0 Å². The Kier molecular flexibility index (Phi) is 3.90. The molecule has 1 heterocycles. The van der Waals surface area contributed by atoms with Gasteiger partial charge in [0.15, 0.2) is 5.16 Å². The zero-order valence-corrected chi connectivity index (χ0v) is 10.00. The fourth-order valence-electron chi connectivity index (χ4n) is 1.32. The summed E-state index contributed by atoms with van der Waals surface area (Å²) in [5.74, 6) is 4.52. The topological polar surface area (TPSA) is 96.7 Å². The zero-order valence-electron chi connectivity index (χ0n) is 9.18. The lowest BCUT2D eigenvalue weighted by atomic mass is 10.1. The number of H-pyrrole nitrogens is 1. The van der Waals surface area contributed by atoms with Crippen LogP contribution in [0.1, 0.15) is 15.9 Å². The summed E-state index contributed by atoms with van der Waals surface area (Å²) < 4.78 is 13.5. The summed E-state index contributed by atoms with van der Waals surface area (Å²) in [6, 6.07) is 4.07. The number of nitrogens with two attached hydrogens (primary N) is 1. The average molecular weight is 267 g/mol. The van der Waals surface area contributed by atoms with Gasteiger partial charge in [-0.05, 0) is 23.8 Å². The Morgan fingerprint density at radius 1 is 1.56 bits per heavy atom. The molecule has 0 unspecified atom stereocenters. The van der Waals surface area contributed by atoms with Gasteiger partial charge < -0.3 is 0 Å². The van der Waals surface area contributed by atoms with E-state index in [0.29, 0.717) is 22.0 Å². The van der Waals surface area contributed by atoms with Gasteiger partial charge in [0.25, 0.3) is 5.91 Å². The number of rotatable bonds is 4. The number of aromatic amines is 1. The summed E-state index contributed by atoms with van der Waals surface area (Å²) in [4.78, 5) is 15.2. The molecule has 8 heteroatoms. The first-order valence-corrected chi connectivity index (χ1v) is 5.97. The Balaban J connectivity index is 2.13. The normalized spacial score (nSPS) is 10.3. The predicted octanol–water partition coefficient (Wildman–Crippen LogP) is 0.840. The highest BCUT2D eigenvalue weighted by Gasteiger charge is 2.09. The molecule has 0 bridgehead atoms. The van der Waals surface area contributed by atoms with E-state index in [2.05, 4.69) is 15.2 Å². The molecule has 0 saturated heterocycles. The molecule has 4 N–H and O–H groups in total. The lowest BCUT2D eigenvalue weighted by molar-refractivity contribution is 0.0953. The summed E-state index contributed by atoms with van der Waals surface area (Å²) in [5.41, 5.74) is 2.71. The van der Waals surface area contributed by atoms with Gasteiger partial charge in [0.1, 0.15) is 12.1 Å². The van der Waals surface area contributed by atoms with E-state index in [4.69, 9.17) is 5.84 Å². The third-order valence-electron chi connectivity index (χ3n) is 2.20. The van der Waals surface area contributed by atoms with Crippen LogP contribution in [0.3, 0.4) is 0 Å². The number of carbonyl (C=O) groups is 1. The first kappa shape index (κ1) is 12.5. The van der Waals surface area contributed by atoms with Crippen LogP contribution in [0.2, 0.25) is 0 Å². The van der Waals surface area contributed by atoms with E-state index in [1.54, 1.807) is 0 Å². The Labute approximate surface area is 106 Å². The van der Waals surface area contributed by atoms with Crippen molar-refractivity contribution in [2.75, 3.05) is 0 Å². The SMILES string of the molecule is NNC(=O)c1ccc(F)c(CSc2ncn[nH]2)c1. The molecule has 0 radical (unpaired) electrons.